The van der Waals surface area contributed by atoms with Gasteiger partial charge in [0.1, 0.15) is 11.9 Å². The van der Waals surface area contributed by atoms with E-state index < -0.39 is 16.1 Å². The minimum atomic E-state index is -3.87. The Balaban J connectivity index is 1.40. The fourth-order valence-corrected chi connectivity index (χ4v) is 6.21. The number of aliphatic hydroxyl groups excluding tert-OH is 1. The van der Waals surface area contributed by atoms with Gasteiger partial charge in [0.15, 0.2) is 11.5 Å². The number of aliphatic hydroxyl groups is 1. The third-order valence-electron chi connectivity index (χ3n) is 7.63. The number of likely N-dealkylation sites (N-methyl/N-ethyl adjacent to an activating group) is 1. The molecule has 2 aliphatic rings. The summed E-state index contributed by atoms with van der Waals surface area (Å²) in [5, 5.41) is 9.95. The number of hydrogen-bond donors (Lipinski definition) is 2. The van der Waals surface area contributed by atoms with E-state index in [0.717, 1.165) is 22.6 Å². The Kier molecular flexibility index (Phi) is 8.63. The van der Waals surface area contributed by atoms with Gasteiger partial charge in [0.25, 0.3) is 15.9 Å². The van der Waals surface area contributed by atoms with Crippen molar-refractivity contribution >= 4 is 21.6 Å². The number of aryl methyl sites for hydroxylation is 1. The van der Waals surface area contributed by atoms with E-state index in [1.165, 1.54) is 18.2 Å². The summed E-state index contributed by atoms with van der Waals surface area (Å²) in [6.07, 6.45) is -0.292. The molecule has 11 heteroatoms. The van der Waals surface area contributed by atoms with Crippen LogP contribution in [0, 0.1) is 12.8 Å². The van der Waals surface area contributed by atoms with Crippen molar-refractivity contribution in [2.24, 2.45) is 5.92 Å². The van der Waals surface area contributed by atoms with Crippen molar-refractivity contribution in [1.82, 2.24) is 9.80 Å². The minimum Gasteiger partial charge on any atom is -0.488 e. The summed E-state index contributed by atoms with van der Waals surface area (Å²) in [5.74, 6) is 1.43. The number of nitrogens with one attached hydrogen (secondary N) is 1. The molecule has 5 rings (SSSR count). The van der Waals surface area contributed by atoms with Crippen LogP contribution in [0.4, 0.5) is 5.69 Å². The van der Waals surface area contributed by atoms with Gasteiger partial charge in [0.05, 0.1) is 23.1 Å². The fraction of sp³-hybridized carbons (Fsp3) is 0.387. The van der Waals surface area contributed by atoms with Gasteiger partial charge in [-0.1, -0.05) is 30.7 Å². The van der Waals surface area contributed by atoms with E-state index in [1.54, 1.807) is 36.1 Å². The summed E-state index contributed by atoms with van der Waals surface area (Å²) in [5.41, 5.74) is 2.49. The molecule has 0 saturated carbocycles. The van der Waals surface area contributed by atoms with Crippen molar-refractivity contribution in [1.29, 1.82) is 0 Å². The predicted octanol–water partition coefficient (Wildman–Crippen LogP) is 3.88. The number of ether oxygens (including phenoxy) is 3. The number of amides is 1. The molecule has 0 fully saturated rings. The second-order valence-electron chi connectivity index (χ2n) is 11.1. The van der Waals surface area contributed by atoms with E-state index in [4.69, 9.17) is 14.2 Å². The van der Waals surface area contributed by atoms with Crippen LogP contribution in [0.3, 0.4) is 0 Å². The maximum Gasteiger partial charge on any atom is 0.261 e. The number of carbonyl (C=O) groups excluding carboxylic acids is 1. The summed E-state index contributed by atoms with van der Waals surface area (Å²) in [4.78, 5) is 17.6. The molecule has 224 valence electrons. The highest BCUT2D eigenvalue weighted by Crippen LogP contribution is 2.34. The monoisotopic (exact) mass is 595 g/mol. The zero-order valence-corrected chi connectivity index (χ0v) is 25.1. The molecule has 0 aliphatic carbocycles. The van der Waals surface area contributed by atoms with Crippen LogP contribution in [0.1, 0.15) is 35.3 Å². The van der Waals surface area contributed by atoms with Crippen LogP contribution in [-0.2, 0) is 16.6 Å². The van der Waals surface area contributed by atoms with Gasteiger partial charge in [-0.25, -0.2) is 8.42 Å². The van der Waals surface area contributed by atoms with Crippen molar-refractivity contribution in [3.05, 3.63) is 77.4 Å². The molecule has 2 N–H and O–H groups in total. The van der Waals surface area contributed by atoms with Crippen LogP contribution in [0.5, 0.6) is 17.2 Å². The number of benzene rings is 3. The number of anilines is 1. The van der Waals surface area contributed by atoms with Gasteiger partial charge in [0.2, 0.25) is 6.79 Å². The minimum absolute atomic E-state index is 0.0602. The number of carbonyl (C=O) groups is 1. The molecule has 0 saturated heterocycles. The molecule has 0 aromatic heterocycles. The predicted molar refractivity (Wildman–Crippen MR) is 158 cm³/mol. The quantitative estimate of drug-likeness (QED) is 0.383. The first kappa shape index (κ1) is 29.7. The third-order valence-corrected chi connectivity index (χ3v) is 9.03. The summed E-state index contributed by atoms with van der Waals surface area (Å²) >= 11 is 0. The number of sulfonamides is 1. The first-order chi connectivity index (χ1) is 20.0. The lowest BCUT2D eigenvalue weighted by Gasteiger charge is -2.38. The van der Waals surface area contributed by atoms with Gasteiger partial charge in [0, 0.05) is 31.2 Å². The molecule has 0 spiro atoms. The van der Waals surface area contributed by atoms with Gasteiger partial charge >= 0.3 is 0 Å². The summed E-state index contributed by atoms with van der Waals surface area (Å²) in [7, 11) is -1.87. The smallest absolute Gasteiger partial charge is 0.261 e. The zero-order chi connectivity index (χ0) is 30.0. The van der Waals surface area contributed by atoms with Crippen molar-refractivity contribution in [2.75, 3.05) is 38.3 Å². The summed E-state index contributed by atoms with van der Waals surface area (Å²) in [6, 6.07) is 16.7. The second-order valence-corrected chi connectivity index (χ2v) is 12.8. The highest BCUT2D eigenvalue weighted by Gasteiger charge is 2.34. The average molecular weight is 596 g/mol. The third kappa shape index (κ3) is 6.48. The van der Waals surface area contributed by atoms with Crippen molar-refractivity contribution in [3.8, 4) is 17.2 Å². The van der Waals surface area contributed by atoms with E-state index in [2.05, 4.69) is 9.62 Å². The van der Waals surface area contributed by atoms with Gasteiger partial charge in [-0.15, -0.1) is 0 Å². The Labute approximate surface area is 246 Å². The van der Waals surface area contributed by atoms with Crippen molar-refractivity contribution < 1.29 is 32.5 Å². The Bertz CT molecular complexity index is 1540. The van der Waals surface area contributed by atoms with Gasteiger partial charge < -0.3 is 24.2 Å². The maximum atomic E-state index is 13.7. The lowest BCUT2D eigenvalue weighted by atomic mass is 9.99. The Morgan fingerprint density at radius 3 is 2.50 bits per heavy atom. The largest absolute Gasteiger partial charge is 0.488 e. The molecule has 3 aromatic carbocycles. The Morgan fingerprint density at radius 1 is 1.05 bits per heavy atom. The topological polar surface area (TPSA) is 118 Å². The molecule has 0 radical (unpaired) electrons. The normalized spacial score (nSPS) is 19.1. The molecule has 0 bridgehead atoms. The Morgan fingerprint density at radius 2 is 1.76 bits per heavy atom. The Hall–Kier alpha value is -3.80. The summed E-state index contributed by atoms with van der Waals surface area (Å²) in [6.45, 7) is 7.28. The molecule has 42 heavy (non-hydrogen) atoms. The molecule has 2 heterocycles. The van der Waals surface area contributed by atoms with Crippen molar-refractivity contribution in [2.45, 2.75) is 44.4 Å². The van der Waals surface area contributed by atoms with E-state index in [9.17, 15) is 18.3 Å². The fourth-order valence-electron chi connectivity index (χ4n) is 5.16. The lowest BCUT2D eigenvalue weighted by Crippen LogP contribution is -2.49. The van der Waals surface area contributed by atoms with Crippen LogP contribution < -0.4 is 18.9 Å². The van der Waals surface area contributed by atoms with Crippen LogP contribution >= 0.6 is 0 Å². The van der Waals surface area contributed by atoms with Crippen molar-refractivity contribution in [3.63, 3.8) is 0 Å². The first-order valence-electron chi connectivity index (χ1n) is 13.9. The standard InChI is InChI=1S/C31H37N3O7S/c1-20-5-9-25(10-6-20)42(37,38)32-24-8-12-27-26(14-24)31(36)34(22(3)18-35)15-21(2)30(41-27)17-33(4)16-23-7-11-28-29(13-23)40-19-39-28/h5-14,21-22,30,32,35H,15-19H2,1-4H3/t21-,22+,30+/m1/s1. The molecule has 3 aromatic rings. The van der Waals surface area contributed by atoms with Crippen LogP contribution in [-0.4, -0.2) is 74.9 Å². The van der Waals surface area contributed by atoms with Gasteiger partial charge in [-0.2, -0.15) is 0 Å². The van der Waals surface area contributed by atoms with E-state index >= 15 is 0 Å². The van der Waals surface area contributed by atoms with Gasteiger partial charge in [-0.3, -0.25) is 14.4 Å². The van der Waals surface area contributed by atoms with E-state index in [1.807, 2.05) is 39.1 Å². The van der Waals surface area contributed by atoms with E-state index in [-0.39, 0.29) is 47.5 Å². The number of fused-ring (bicyclic) bond motifs is 2. The molecule has 0 unspecified atom stereocenters. The maximum absolute atomic E-state index is 13.7. The SMILES string of the molecule is Cc1ccc(S(=O)(=O)Nc2ccc3c(c2)C(=O)N([C@@H](C)CO)C[C@@H](C)[C@H](CN(C)Cc2ccc4c(c2)OCO4)O3)cc1. The molecule has 1 amide bonds. The second kappa shape index (κ2) is 12.2. The number of nitrogens with zero attached hydrogens (tertiary/aromatic N) is 2. The lowest BCUT2D eigenvalue weighted by molar-refractivity contribution is 0.0341. The van der Waals surface area contributed by atoms with E-state index in [0.29, 0.717) is 25.4 Å². The number of rotatable bonds is 9. The zero-order valence-electron chi connectivity index (χ0n) is 24.2. The summed E-state index contributed by atoms with van der Waals surface area (Å²) < 4.78 is 46.1. The van der Waals surface area contributed by atoms with Crippen LogP contribution in [0.15, 0.2) is 65.6 Å². The van der Waals surface area contributed by atoms with Gasteiger partial charge in [-0.05, 0) is 68.9 Å². The highest BCUT2D eigenvalue weighted by atomic mass is 32.2. The molecule has 10 nitrogen and oxygen atoms in total. The van der Waals surface area contributed by atoms with Crippen LogP contribution in [0.2, 0.25) is 0 Å². The molecular formula is C31H37N3O7S. The molecular weight excluding hydrogens is 558 g/mol. The molecule has 3 atom stereocenters. The number of hydrogen-bond acceptors (Lipinski definition) is 8. The first-order valence-corrected chi connectivity index (χ1v) is 15.4. The molecule has 2 aliphatic heterocycles. The highest BCUT2D eigenvalue weighted by molar-refractivity contribution is 7.92. The average Bonchev–Trinajstić information content (AvgIpc) is 3.43. The van der Waals surface area contributed by atoms with Crippen LogP contribution in [0.25, 0.3) is 0 Å².